The third kappa shape index (κ3) is 3.72. The Kier molecular flexibility index (Phi) is 4.17. The van der Waals surface area contributed by atoms with E-state index in [1.165, 1.54) is 0 Å². The van der Waals surface area contributed by atoms with Crippen molar-refractivity contribution in [3.8, 4) is 0 Å². The fraction of sp³-hybridized carbons (Fsp3) is 0.167. The summed E-state index contributed by atoms with van der Waals surface area (Å²) in [4.78, 5) is 15.9. The Hall–Kier alpha value is -1.59. The van der Waals surface area contributed by atoms with E-state index in [1.807, 2.05) is 12.3 Å². The van der Waals surface area contributed by atoms with E-state index in [2.05, 4.69) is 15.6 Å². The molecular weight excluding hydrogens is 270 g/mol. The zero-order valence-corrected chi connectivity index (χ0v) is 11.3. The molecule has 1 aromatic heterocycles. The van der Waals surface area contributed by atoms with Crippen molar-refractivity contribution < 1.29 is 4.79 Å². The number of aromatic nitrogens is 1. The number of halogens is 1. The molecule has 0 aliphatic rings. The van der Waals surface area contributed by atoms with Gasteiger partial charge in [-0.3, -0.25) is 0 Å². The van der Waals surface area contributed by atoms with Crippen molar-refractivity contribution in [1.82, 2.24) is 10.3 Å². The third-order valence-electron chi connectivity index (χ3n) is 2.20. The Labute approximate surface area is 114 Å². The van der Waals surface area contributed by atoms with Gasteiger partial charge < -0.3 is 10.6 Å². The molecule has 0 saturated heterocycles. The number of hydrogen-bond acceptors (Lipinski definition) is 3. The van der Waals surface area contributed by atoms with Gasteiger partial charge in [0.1, 0.15) is 0 Å². The zero-order chi connectivity index (χ0) is 13.0. The number of nitrogens with zero attached hydrogens (tertiary/aromatic N) is 1. The van der Waals surface area contributed by atoms with Crippen LogP contribution < -0.4 is 10.6 Å². The number of urea groups is 1. The summed E-state index contributed by atoms with van der Waals surface area (Å²) in [7, 11) is 0. The van der Waals surface area contributed by atoms with E-state index in [-0.39, 0.29) is 6.03 Å². The lowest BCUT2D eigenvalue weighted by Crippen LogP contribution is -2.28. The van der Waals surface area contributed by atoms with Gasteiger partial charge >= 0.3 is 6.03 Å². The minimum atomic E-state index is -0.261. The lowest BCUT2D eigenvalue weighted by molar-refractivity contribution is 0.251. The van der Waals surface area contributed by atoms with Gasteiger partial charge in [0, 0.05) is 16.1 Å². The summed E-state index contributed by atoms with van der Waals surface area (Å²) < 4.78 is 0. The second-order valence-electron chi connectivity index (χ2n) is 3.67. The van der Waals surface area contributed by atoms with Crippen LogP contribution in [-0.2, 0) is 6.54 Å². The average Bonchev–Trinajstić information content (AvgIpc) is 2.76. The fourth-order valence-electron chi connectivity index (χ4n) is 1.37. The quantitative estimate of drug-likeness (QED) is 0.906. The molecule has 0 spiro atoms. The Morgan fingerprint density at radius 1 is 1.39 bits per heavy atom. The van der Waals surface area contributed by atoms with Crippen LogP contribution in [0.4, 0.5) is 10.5 Å². The average molecular weight is 282 g/mol. The number of anilines is 1. The second kappa shape index (κ2) is 5.84. The number of carbonyl (C=O) groups excluding carboxylic acids is 1. The molecule has 94 valence electrons. The first-order valence-corrected chi connectivity index (χ1v) is 6.60. The first-order chi connectivity index (χ1) is 8.63. The summed E-state index contributed by atoms with van der Waals surface area (Å²) >= 11 is 7.32. The Morgan fingerprint density at radius 3 is 2.72 bits per heavy atom. The number of nitrogens with one attached hydrogen (secondary N) is 2. The van der Waals surface area contributed by atoms with E-state index < -0.39 is 0 Å². The number of hydrogen-bond donors (Lipinski definition) is 2. The molecule has 2 N–H and O–H groups in total. The van der Waals surface area contributed by atoms with Crippen molar-refractivity contribution in [3.05, 3.63) is 45.4 Å². The van der Waals surface area contributed by atoms with Gasteiger partial charge in [-0.25, -0.2) is 9.78 Å². The standard InChI is InChI=1S/C12H12ClN3OS/c1-8-15-11(7-18-8)6-14-12(17)16-10-4-2-9(13)3-5-10/h2-5,7H,6H2,1H3,(H2,14,16,17). The summed E-state index contributed by atoms with van der Waals surface area (Å²) in [6.07, 6.45) is 0. The Morgan fingerprint density at radius 2 is 2.11 bits per heavy atom. The van der Waals surface area contributed by atoms with Crippen LogP contribution in [0.2, 0.25) is 5.02 Å². The highest BCUT2D eigenvalue weighted by molar-refractivity contribution is 7.09. The van der Waals surface area contributed by atoms with Crippen molar-refractivity contribution in [2.45, 2.75) is 13.5 Å². The predicted octanol–water partition coefficient (Wildman–Crippen LogP) is 3.43. The molecule has 1 aromatic carbocycles. The minimum absolute atomic E-state index is 0.261. The molecule has 2 rings (SSSR count). The van der Waals surface area contributed by atoms with Gasteiger partial charge in [-0.2, -0.15) is 0 Å². The van der Waals surface area contributed by atoms with Crippen molar-refractivity contribution in [1.29, 1.82) is 0 Å². The van der Waals surface area contributed by atoms with Gasteiger partial charge in [0.05, 0.1) is 17.2 Å². The number of thiazole rings is 1. The normalized spacial score (nSPS) is 10.1. The second-order valence-corrected chi connectivity index (χ2v) is 5.17. The van der Waals surface area contributed by atoms with Crippen molar-refractivity contribution >= 4 is 34.7 Å². The van der Waals surface area contributed by atoms with Crippen LogP contribution in [0.3, 0.4) is 0 Å². The topological polar surface area (TPSA) is 54.0 Å². The zero-order valence-electron chi connectivity index (χ0n) is 9.74. The number of rotatable bonds is 3. The molecule has 0 bridgehead atoms. The molecule has 2 aromatic rings. The molecule has 18 heavy (non-hydrogen) atoms. The van der Waals surface area contributed by atoms with Gasteiger partial charge in [0.15, 0.2) is 0 Å². The number of benzene rings is 1. The lowest BCUT2D eigenvalue weighted by Gasteiger charge is -2.06. The number of aryl methyl sites for hydroxylation is 1. The summed E-state index contributed by atoms with van der Waals surface area (Å²) in [5.74, 6) is 0. The van der Waals surface area contributed by atoms with Crippen molar-refractivity contribution in [2.24, 2.45) is 0 Å². The summed E-state index contributed by atoms with van der Waals surface area (Å²) in [5.41, 5.74) is 1.56. The molecule has 0 radical (unpaired) electrons. The predicted molar refractivity (Wildman–Crippen MR) is 74.2 cm³/mol. The molecule has 1 heterocycles. The van der Waals surface area contributed by atoms with Crippen molar-refractivity contribution in [2.75, 3.05) is 5.32 Å². The van der Waals surface area contributed by atoms with Crippen LogP contribution in [0.15, 0.2) is 29.6 Å². The molecule has 4 nitrogen and oxygen atoms in total. The van der Waals surface area contributed by atoms with Gasteiger partial charge in [-0.1, -0.05) is 11.6 Å². The highest BCUT2D eigenvalue weighted by atomic mass is 35.5. The van der Waals surface area contributed by atoms with E-state index in [0.29, 0.717) is 17.3 Å². The van der Waals surface area contributed by atoms with Gasteiger partial charge in [-0.15, -0.1) is 11.3 Å². The minimum Gasteiger partial charge on any atom is -0.332 e. The van der Waals surface area contributed by atoms with Crippen molar-refractivity contribution in [3.63, 3.8) is 0 Å². The summed E-state index contributed by atoms with van der Waals surface area (Å²) in [6, 6.07) is 6.68. The third-order valence-corrected chi connectivity index (χ3v) is 3.27. The first-order valence-electron chi connectivity index (χ1n) is 5.35. The molecular formula is C12H12ClN3OS. The van der Waals surface area contributed by atoms with E-state index in [1.54, 1.807) is 35.6 Å². The molecule has 0 fully saturated rings. The van der Waals surface area contributed by atoms with E-state index in [9.17, 15) is 4.79 Å². The Bertz CT molecular complexity index is 539. The maximum Gasteiger partial charge on any atom is 0.319 e. The number of amides is 2. The van der Waals surface area contributed by atoms with Crippen LogP contribution in [0.25, 0.3) is 0 Å². The maximum atomic E-state index is 11.6. The van der Waals surface area contributed by atoms with E-state index in [0.717, 1.165) is 10.7 Å². The fourth-order valence-corrected chi connectivity index (χ4v) is 2.11. The SMILES string of the molecule is Cc1nc(CNC(=O)Nc2ccc(Cl)cc2)cs1. The number of carbonyl (C=O) groups is 1. The highest BCUT2D eigenvalue weighted by Crippen LogP contribution is 2.13. The van der Waals surface area contributed by atoms with E-state index >= 15 is 0 Å². The lowest BCUT2D eigenvalue weighted by atomic mass is 10.3. The first kappa shape index (κ1) is 12.9. The van der Waals surface area contributed by atoms with Gasteiger partial charge in [0.25, 0.3) is 0 Å². The molecule has 0 saturated carbocycles. The van der Waals surface area contributed by atoms with E-state index in [4.69, 9.17) is 11.6 Å². The smallest absolute Gasteiger partial charge is 0.319 e. The van der Waals surface area contributed by atoms with Gasteiger partial charge in [-0.05, 0) is 31.2 Å². The van der Waals surface area contributed by atoms with Crippen LogP contribution in [0, 0.1) is 6.92 Å². The molecule has 2 amide bonds. The van der Waals surface area contributed by atoms with Crippen LogP contribution in [0.1, 0.15) is 10.7 Å². The molecule has 6 heteroatoms. The maximum absolute atomic E-state index is 11.6. The van der Waals surface area contributed by atoms with Crippen LogP contribution >= 0.6 is 22.9 Å². The molecule has 0 aliphatic carbocycles. The van der Waals surface area contributed by atoms with Gasteiger partial charge in [0.2, 0.25) is 0 Å². The van der Waals surface area contributed by atoms with Crippen LogP contribution in [-0.4, -0.2) is 11.0 Å². The van der Waals surface area contributed by atoms with Crippen LogP contribution in [0.5, 0.6) is 0 Å². The molecule has 0 atom stereocenters. The largest absolute Gasteiger partial charge is 0.332 e. The molecule has 0 unspecified atom stereocenters. The Balaban J connectivity index is 1.83. The molecule has 0 aliphatic heterocycles. The monoisotopic (exact) mass is 281 g/mol. The summed E-state index contributed by atoms with van der Waals surface area (Å²) in [5, 5.41) is 9.01. The highest BCUT2D eigenvalue weighted by Gasteiger charge is 2.03. The summed E-state index contributed by atoms with van der Waals surface area (Å²) in [6.45, 7) is 2.35.